The molecule has 2 nitrogen and oxygen atoms in total. The normalized spacial score (nSPS) is 9.43. The average molecular weight is 156 g/mol. The Balaban J connectivity index is 3.12. The topological polar surface area (TPSA) is 28.7 Å². The molecule has 0 fully saturated rings. The van der Waals surface area contributed by atoms with Crippen molar-refractivity contribution in [3.8, 4) is 0 Å². The Kier molecular flexibility index (Phi) is 1.20. The van der Waals surface area contributed by atoms with Crippen molar-refractivity contribution in [1.82, 2.24) is 10.2 Å². The maximum atomic E-state index is 3.78. The molecular formula is C4H5AsN2. The number of aryl methyl sites for hydroxylation is 1. The minimum atomic E-state index is 1.09. The average Bonchev–Trinajstić information content (AvgIpc) is 1.91. The molecule has 7 heavy (non-hydrogen) atoms. The van der Waals surface area contributed by atoms with Gasteiger partial charge in [-0.2, -0.15) is 0 Å². The second-order valence-electron chi connectivity index (χ2n) is 1.40. The van der Waals surface area contributed by atoms with Crippen LogP contribution in [0.15, 0.2) is 6.20 Å². The Morgan fingerprint density at radius 3 is 2.71 bits per heavy atom. The van der Waals surface area contributed by atoms with E-state index in [4.69, 9.17) is 0 Å². The Labute approximate surface area is 50.8 Å². The van der Waals surface area contributed by atoms with Gasteiger partial charge in [0, 0.05) is 0 Å². The van der Waals surface area contributed by atoms with Gasteiger partial charge in [-0.15, -0.1) is 0 Å². The van der Waals surface area contributed by atoms with Gasteiger partial charge in [0.15, 0.2) is 0 Å². The Morgan fingerprint density at radius 1 is 1.86 bits per heavy atom. The van der Waals surface area contributed by atoms with Crippen LogP contribution in [0.5, 0.6) is 0 Å². The van der Waals surface area contributed by atoms with Crippen LogP contribution in [0.3, 0.4) is 0 Å². The molecule has 1 aromatic heterocycles. The molecule has 1 N–H and O–H groups in total. The first-order valence-corrected chi connectivity index (χ1v) is 2.93. The summed E-state index contributed by atoms with van der Waals surface area (Å²) in [7, 11) is 0. The fraction of sp³-hybridized carbons (Fsp3) is 0.250. The van der Waals surface area contributed by atoms with Crippen LogP contribution in [0, 0.1) is 6.92 Å². The van der Waals surface area contributed by atoms with Gasteiger partial charge in [-0.25, -0.2) is 0 Å². The van der Waals surface area contributed by atoms with Crippen LogP contribution in [0.1, 0.15) is 5.56 Å². The van der Waals surface area contributed by atoms with Crippen molar-refractivity contribution in [3.05, 3.63) is 11.8 Å². The third-order valence-corrected chi connectivity index (χ3v) is 1.75. The molecule has 36 valence electrons. The van der Waals surface area contributed by atoms with Crippen molar-refractivity contribution < 1.29 is 0 Å². The molecule has 3 heteroatoms. The fourth-order valence-corrected chi connectivity index (χ4v) is 0.582. The van der Waals surface area contributed by atoms with E-state index in [2.05, 4.69) is 27.1 Å². The van der Waals surface area contributed by atoms with Gasteiger partial charge in [0.05, 0.1) is 0 Å². The van der Waals surface area contributed by atoms with Crippen LogP contribution in [-0.4, -0.2) is 27.1 Å². The van der Waals surface area contributed by atoms with E-state index in [-0.39, 0.29) is 0 Å². The molecule has 1 rings (SSSR count). The second-order valence-corrected chi connectivity index (χ2v) is 2.34. The molecule has 0 saturated heterocycles. The fourth-order valence-electron chi connectivity index (χ4n) is 0.340. The van der Waals surface area contributed by atoms with Crippen LogP contribution < -0.4 is 4.48 Å². The standard InChI is InChI=1S/C4H5AsN2/c1-3-2-6-7-4(3)5/h2H,1H3,(H,6,7). The molecule has 0 saturated carbocycles. The molecule has 0 amide bonds. The molecule has 2 radical (unpaired) electrons. The number of nitrogens with zero attached hydrogens (tertiary/aromatic N) is 1. The van der Waals surface area contributed by atoms with E-state index in [9.17, 15) is 0 Å². The van der Waals surface area contributed by atoms with E-state index in [1.807, 2.05) is 6.92 Å². The van der Waals surface area contributed by atoms with Gasteiger partial charge < -0.3 is 0 Å². The number of rotatable bonds is 0. The number of nitrogens with one attached hydrogen (secondary N) is 1. The van der Waals surface area contributed by atoms with Gasteiger partial charge >= 0.3 is 50.2 Å². The van der Waals surface area contributed by atoms with Gasteiger partial charge in [-0.3, -0.25) is 0 Å². The monoisotopic (exact) mass is 156 g/mol. The third kappa shape index (κ3) is 0.858. The van der Waals surface area contributed by atoms with E-state index in [1.165, 1.54) is 5.56 Å². The Hall–Kier alpha value is -0.232. The summed E-state index contributed by atoms with van der Waals surface area (Å²) in [5, 5.41) is 6.57. The number of aromatic amines is 1. The van der Waals surface area contributed by atoms with E-state index in [1.54, 1.807) is 6.20 Å². The summed E-state index contributed by atoms with van der Waals surface area (Å²) in [6.07, 6.45) is 1.80. The molecule has 0 atom stereocenters. The molecule has 0 aliphatic carbocycles. The first-order chi connectivity index (χ1) is 3.30. The Morgan fingerprint density at radius 2 is 2.57 bits per heavy atom. The van der Waals surface area contributed by atoms with Crippen molar-refractivity contribution in [3.63, 3.8) is 0 Å². The predicted octanol–water partition coefficient (Wildman–Crippen LogP) is -0.488. The summed E-state index contributed by atoms with van der Waals surface area (Å²) < 4.78 is 1.09. The zero-order valence-corrected chi connectivity index (χ0v) is 5.85. The predicted molar refractivity (Wildman–Crippen MR) is 28.7 cm³/mol. The van der Waals surface area contributed by atoms with Gasteiger partial charge in [-0.1, -0.05) is 0 Å². The van der Waals surface area contributed by atoms with E-state index in [0.717, 1.165) is 4.48 Å². The maximum absolute atomic E-state index is 3.78. The van der Waals surface area contributed by atoms with Crippen LogP contribution in [0.25, 0.3) is 0 Å². The third-order valence-electron chi connectivity index (χ3n) is 0.802. The van der Waals surface area contributed by atoms with Crippen molar-refractivity contribution in [1.29, 1.82) is 0 Å². The summed E-state index contributed by atoms with van der Waals surface area (Å²) >= 11 is 2.42. The van der Waals surface area contributed by atoms with Gasteiger partial charge in [0.25, 0.3) is 0 Å². The van der Waals surface area contributed by atoms with E-state index >= 15 is 0 Å². The first kappa shape index (κ1) is 4.92. The van der Waals surface area contributed by atoms with E-state index in [0.29, 0.717) is 0 Å². The zero-order valence-electron chi connectivity index (χ0n) is 3.97. The molecule has 0 aliphatic heterocycles. The summed E-state index contributed by atoms with van der Waals surface area (Å²) in [6.45, 7) is 2.01. The Bertz CT molecular complexity index is 142. The summed E-state index contributed by atoms with van der Waals surface area (Å²) in [4.78, 5) is 0. The first-order valence-electron chi connectivity index (χ1n) is 1.99. The number of hydrogen-bond acceptors (Lipinski definition) is 1. The molecule has 0 aromatic carbocycles. The number of H-pyrrole nitrogens is 1. The van der Waals surface area contributed by atoms with Crippen molar-refractivity contribution in [2.75, 3.05) is 0 Å². The van der Waals surface area contributed by atoms with Crippen molar-refractivity contribution >= 4 is 21.3 Å². The molecular weight excluding hydrogens is 151 g/mol. The zero-order chi connectivity index (χ0) is 5.28. The molecule has 1 heterocycles. The van der Waals surface area contributed by atoms with Crippen molar-refractivity contribution in [2.24, 2.45) is 0 Å². The molecule has 0 spiro atoms. The SMILES string of the molecule is Cc1cn[nH]c1[As]. The molecule has 1 aromatic rings. The van der Waals surface area contributed by atoms with Crippen LogP contribution in [0.2, 0.25) is 0 Å². The molecule has 0 aliphatic rings. The van der Waals surface area contributed by atoms with Crippen LogP contribution in [0.4, 0.5) is 0 Å². The van der Waals surface area contributed by atoms with E-state index < -0.39 is 0 Å². The van der Waals surface area contributed by atoms with Gasteiger partial charge in [0.1, 0.15) is 0 Å². The van der Waals surface area contributed by atoms with Gasteiger partial charge in [0.2, 0.25) is 0 Å². The van der Waals surface area contributed by atoms with Crippen molar-refractivity contribution in [2.45, 2.75) is 6.92 Å². The number of hydrogen-bond donors (Lipinski definition) is 1. The summed E-state index contributed by atoms with van der Waals surface area (Å²) in [5.41, 5.74) is 1.19. The molecule has 0 bridgehead atoms. The summed E-state index contributed by atoms with van der Waals surface area (Å²) in [6, 6.07) is 0. The van der Waals surface area contributed by atoms with Crippen LogP contribution >= 0.6 is 0 Å². The quantitative estimate of drug-likeness (QED) is 0.504. The number of aromatic nitrogens is 2. The summed E-state index contributed by atoms with van der Waals surface area (Å²) in [5.74, 6) is 0. The van der Waals surface area contributed by atoms with Crippen LogP contribution in [-0.2, 0) is 0 Å². The van der Waals surface area contributed by atoms with Gasteiger partial charge in [-0.05, 0) is 0 Å². The second kappa shape index (κ2) is 1.71. The molecule has 0 unspecified atom stereocenters. The minimum absolute atomic E-state index is 1.09.